The average molecular weight is 453 g/mol. The van der Waals surface area contributed by atoms with Crippen LogP contribution in [-0.4, -0.2) is 0 Å². The van der Waals surface area contributed by atoms with Gasteiger partial charge in [-0.25, -0.2) is 0 Å². The molecular weight excluding hydrogens is 419 g/mol. The number of phosphoric acid groups is 1. The molecule has 0 saturated heterocycles. The van der Waals surface area contributed by atoms with Gasteiger partial charge in [0.2, 0.25) is 0 Å². The Morgan fingerprint density at radius 2 is 1.06 bits per heavy atom. The second-order valence-electron chi connectivity index (χ2n) is 8.83. The lowest BCUT2D eigenvalue weighted by atomic mass is 9.94. The molecule has 0 N–H and O–H groups in total. The highest BCUT2D eigenvalue weighted by molar-refractivity contribution is 7.49. The van der Waals surface area contributed by atoms with Crippen LogP contribution in [0.4, 0.5) is 0 Å². The Morgan fingerprint density at radius 3 is 1.53 bits per heavy atom. The van der Waals surface area contributed by atoms with Gasteiger partial charge in [0.25, 0.3) is 0 Å². The molecule has 0 aliphatic rings. The predicted molar refractivity (Wildman–Crippen MR) is 131 cm³/mol. The molecule has 0 heterocycles. The second kappa shape index (κ2) is 10.3. The molecule has 4 nitrogen and oxygen atoms in total. The van der Waals surface area contributed by atoms with Gasteiger partial charge in [-0.15, -0.1) is 0 Å². The van der Waals surface area contributed by atoms with Gasteiger partial charge in [0.1, 0.15) is 17.2 Å². The summed E-state index contributed by atoms with van der Waals surface area (Å²) in [5.74, 6) is 2.16. The van der Waals surface area contributed by atoms with Crippen molar-refractivity contribution >= 4 is 7.82 Å². The third-order valence-corrected chi connectivity index (χ3v) is 6.52. The molecule has 3 rings (SSSR count). The van der Waals surface area contributed by atoms with Gasteiger partial charge in [-0.05, 0) is 58.7 Å². The fraction of sp³-hybridized carbons (Fsp3) is 0.333. The Morgan fingerprint density at radius 1 is 0.562 bits per heavy atom. The van der Waals surface area contributed by atoms with E-state index in [1.165, 1.54) is 5.56 Å². The molecule has 0 spiro atoms. The molecule has 0 aliphatic heterocycles. The summed E-state index contributed by atoms with van der Waals surface area (Å²) in [6.45, 7) is 12.6. The van der Waals surface area contributed by atoms with E-state index in [4.69, 9.17) is 13.6 Å². The van der Waals surface area contributed by atoms with E-state index >= 15 is 0 Å². The molecule has 0 fully saturated rings. The van der Waals surface area contributed by atoms with E-state index in [0.717, 1.165) is 11.1 Å². The predicted octanol–water partition coefficient (Wildman–Crippen LogP) is 8.70. The quantitative estimate of drug-likeness (QED) is 0.305. The van der Waals surface area contributed by atoms with Gasteiger partial charge < -0.3 is 13.6 Å². The first-order valence-electron chi connectivity index (χ1n) is 11.1. The first-order chi connectivity index (χ1) is 15.2. The maximum atomic E-state index is 14.0. The van der Waals surface area contributed by atoms with Crippen molar-refractivity contribution in [3.63, 3.8) is 0 Å². The topological polar surface area (TPSA) is 44.8 Å². The minimum Gasteiger partial charge on any atom is -0.386 e. The largest absolute Gasteiger partial charge is 0.647 e. The zero-order valence-electron chi connectivity index (χ0n) is 19.7. The fourth-order valence-corrected chi connectivity index (χ4v) is 4.72. The maximum absolute atomic E-state index is 14.0. The summed E-state index contributed by atoms with van der Waals surface area (Å²) in [6, 6.07) is 22.5. The van der Waals surface area contributed by atoms with Crippen molar-refractivity contribution in [2.45, 2.75) is 59.3 Å². The molecule has 5 heteroatoms. The third-order valence-electron chi connectivity index (χ3n) is 5.25. The molecule has 0 radical (unpaired) electrons. The number of para-hydroxylation sites is 2. The van der Waals surface area contributed by atoms with Crippen molar-refractivity contribution in [1.29, 1.82) is 0 Å². The Hall–Kier alpha value is -2.71. The Kier molecular flexibility index (Phi) is 7.69. The first kappa shape index (κ1) is 23.9. The van der Waals surface area contributed by atoms with Crippen LogP contribution in [0.15, 0.2) is 72.8 Å². The summed E-state index contributed by atoms with van der Waals surface area (Å²) in [6.07, 6.45) is 0. The zero-order chi connectivity index (χ0) is 23.3. The Bertz CT molecular complexity index is 1030. The Balaban J connectivity index is 2.03. The van der Waals surface area contributed by atoms with Crippen molar-refractivity contribution in [3.8, 4) is 17.2 Å². The molecule has 3 aromatic carbocycles. The summed E-state index contributed by atoms with van der Waals surface area (Å²) in [4.78, 5) is 0. The van der Waals surface area contributed by atoms with Crippen LogP contribution < -0.4 is 13.6 Å². The second-order valence-corrected chi connectivity index (χ2v) is 10.3. The van der Waals surface area contributed by atoms with Gasteiger partial charge >= 0.3 is 7.82 Å². The van der Waals surface area contributed by atoms with Gasteiger partial charge in [-0.3, -0.25) is 0 Å². The molecule has 3 aromatic rings. The van der Waals surface area contributed by atoms with Crippen molar-refractivity contribution in [1.82, 2.24) is 0 Å². The number of phosphoric ester groups is 1. The van der Waals surface area contributed by atoms with Gasteiger partial charge in [0.05, 0.1) is 0 Å². The van der Waals surface area contributed by atoms with Crippen molar-refractivity contribution in [3.05, 3.63) is 89.5 Å². The minimum atomic E-state index is -4.06. The molecule has 0 aliphatic carbocycles. The molecule has 170 valence electrons. The Labute approximate surface area is 192 Å². The summed E-state index contributed by atoms with van der Waals surface area (Å²) >= 11 is 0. The number of benzene rings is 3. The average Bonchev–Trinajstić information content (AvgIpc) is 2.74. The standard InChI is InChI=1S/C27H33O4P/c1-19(2)22-15-17-24(18-16-22)30-32(28,29-23-11-8-7-9-12-23)31-27-25(20(3)4)13-10-14-26(27)21(5)6/h7-21H,1-6H3. The van der Waals surface area contributed by atoms with E-state index in [-0.39, 0.29) is 11.8 Å². The summed E-state index contributed by atoms with van der Waals surface area (Å²) < 4.78 is 32.0. The number of rotatable bonds is 9. The van der Waals surface area contributed by atoms with Crippen molar-refractivity contribution in [2.24, 2.45) is 0 Å². The highest BCUT2D eigenvalue weighted by Crippen LogP contribution is 2.52. The van der Waals surface area contributed by atoms with Crippen LogP contribution in [0.3, 0.4) is 0 Å². The lowest BCUT2D eigenvalue weighted by Gasteiger charge is -2.24. The fourth-order valence-electron chi connectivity index (χ4n) is 3.41. The lowest BCUT2D eigenvalue weighted by molar-refractivity contribution is 0.295. The van der Waals surface area contributed by atoms with E-state index in [2.05, 4.69) is 41.5 Å². The van der Waals surface area contributed by atoms with E-state index < -0.39 is 7.82 Å². The van der Waals surface area contributed by atoms with Crippen LogP contribution in [0.25, 0.3) is 0 Å². The monoisotopic (exact) mass is 452 g/mol. The van der Waals surface area contributed by atoms with Crippen LogP contribution in [0.2, 0.25) is 0 Å². The molecule has 0 amide bonds. The van der Waals surface area contributed by atoms with E-state index in [9.17, 15) is 4.57 Å². The van der Waals surface area contributed by atoms with Gasteiger partial charge in [0, 0.05) is 0 Å². The van der Waals surface area contributed by atoms with Crippen LogP contribution in [0, 0.1) is 0 Å². The number of hydrogen-bond acceptors (Lipinski definition) is 4. The molecule has 1 atom stereocenters. The molecular formula is C27H33O4P. The first-order valence-corrected chi connectivity index (χ1v) is 12.6. The third kappa shape index (κ3) is 5.95. The van der Waals surface area contributed by atoms with Gasteiger partial charge in [-0.2, -0.15) is 4.57 Å². The highest BCUT2D eigenvalue weighted by atomic mass is 31.2. The van der Waals surface area contributed by atoms with Crippen LogP contribution in [-0.2, 0) is 4.57 Å². The smallest absolute Gasteiger partial charge is 0.386 e. The van der Waals surface area contributed by atoms with E-state index in [0.29, 0.717) is 23.2 Å². The molecule has 32 heavy (non-hydrogen) atoms. The molecule has 0 saturated carbocycles. The SMILES string of the molecule is CC(C)c1ccc(OP(=O)(Oc2ccccc2)Oc2c(C(C)C)cccc2C(C)C)cc1. The number of hydrogen-bond donors (Lipinski definition) is 0. The maximum Gasteiger partial charge on any atom is 0.647 e. The van der Waals surface area contributed by atoms with Crippen molar-refractivity contribution < 1.29 is 18.1 Å². The van der Waals surface area contributed by atoms with Crippen molar-refractivity contribution in [2.75, 3.05) is 0 Å². The van der Waals surface area contributed by atoms with Gasteiger partial charge in [-0.1, -0.05) is 90.1 Å². The van der Waals surface area contributed by atoms with Gasteiger partial charge in [0.15, 0.2) is 0 Å². The molecule has 0 aromatic heterocycles. The normalized spacial score (nSPS) is 13.3. The van der Waals surface area contributed by atoms with Crippen LogP contribution >= 0.6 is 7.82 Å². The summed E-state index contributed by atoms with van der Waals surface area (Å²) in [5, 5.41) is 0. The summed E-state index contributed by atoms with van der Waals surface area (Å²) in [7, 11) is -4.06. The van der Waals surface area contributed by atoms with Crippen LogP contribution in [0.5, 0.6) is 17.2 Å². The van der Waals surface area contributed by atoms with Crippen LogP contribution in [0.1, 0.15) is 76.0 Å². The molecule has 0 bridgehead atoms. The zero-order valence-corrected chi connectivity index (χ0v) is 20.6. The van der Waals surface area contributed by atoms with E-state index in [1.54, 1.807) is 24.3 Å². The minimum absolute atomic E-state index is 0.180. The molecule has 1 unspecified atom stereocenters. The lowest BCUT2D eigenvalue weighted by Crippen LogP contribution is -2.11. The summed E-state index contributed by atoms with van der Waals surface area (Å²) in [5.41, 5.74) is 3.10. The highest BCUT2D eigenvalue weighted by Gasteiger charge is 2.35. The van der Waals surface area contributed by atoms with E-state index in [1.807, 2.05) is 48.5 Å².